The Morgan fingerprint density at radius 1 is 1.26 bits per heavy atom. The largest absolute Gasteiger partial charge is 0.441 e. The molecule has 0 aliphatic carbocycles. The van der Waals surface area contributed by atoms with Crippen LogP contribution in [0.3, 0.4) is 0 Å². The summed E-state index contributed by atoms with van der Waals surface area (Å²) in [6.07, 6.45) is 7.39. The third-order valence-electron chi connectivity index (χ3n) is 5.79. The number of rotatable bonds is 7. The second-order valence-corrected chi connectivity index (χ2v) is 9.97. The summed E-state index contributed by atoms with van der Waals surface area (Å²) >= 11 is 0. The van der Waals surface area contributed by atoms with Gasteiger partial charge in [0.25, 0.3) is 0 Å². The number of ether oxygens (including phenoxy) is 1. The first-order valence-electron chi connectivity index (χ1n) is 9.99. The normalized spacial score (nSPS) is 26.0. The fourth-order valence-corrected chi connectivity index (χ4v) is 5.54. The lowest BCUT2D eigenvalue weighted by Gasteiger charge is -2.37. The number of piperidine rings is 1. The van der Waals surface area contributed by atoms with Crippen molar-refractivity contribution in [1.29, 1.82) is 0 Å². The van der Waals surface area contributed by atoms with Crippen molar-refractivity contribution >= 4 is 21.8 Å². The molecule has 7 nitrogen and oxygen atoms in total. The van der Waals surface area contributed by atoms with Gasteiger partial charge in [-0.15, -0.1) is 0 Å². The molecule has 0 bridgehead atoms. The Morgan fingerprint density at radius 3 is 2.63 bits per heavy atom. The van der Waals surface area contributed by atoms with Gasteiger partial charge in [-0.2, -0.15) is 0 Å². The van der Waals surface area contributed by atoms with Gasteiger partial charge in [-0.1, -0.05) is 32.3 Å². The van der Waals surface area contributed by atoms with E-state index in [0.717, 1.165) is 19.4 Å². The molecule has 1 spiro atoms. The van der Waals surface area contributed by atoms with E-state index < -0.39 is 15.4 Å². The van der Waals surface area contributed by atoms with Crippen molar-refractivity contribution in [2.24, 2.45) is 5.92 Å². The zero-order valence-electron chi connectivity index (χ0n) is 16.1. The van der Waals surface area contributed by atoms with Crippen LogP contribution in [0, 0.1) is 5.92 Å². The van der Waals surface area contributed by atoms with Gasteiger partial charge in [-0.05, 0) is 6.42 Å². The van der Waals surface area contributed by atoms with E-state index in [1.165, 1.54) is 18.2 Å². The lowest BCUT2D eigenvalue weighted by molar-refractivity contribution is -0.135. The molecule has 0 unspecified atom stereocenters. The van der Waals surface area contributed by atoms with Crippen LogP contribution in [0.25, 0.3) is 0 Å². The summed E-state index contributed by atoms with van der Waals surface area (Å²) in [5, 5.41) is 1.21. The van der Waals surface area contributed by atoms with Gasteiger partial charge in [0.05, 0.1) is 12.3 Å². The number of carbonyl (C=O) groups excluding carboxylic acids is 2. The Kier molecular flexibility index (Phi) is 6.13. The van der Waals surface area contributed by atoms with Crippen LogP contribution in [0.4, 0.5) is 4.79 Å². The Hall–Kier alpha value is -1.57. The highest BCUT2D eigenvalue weighted by molar-refractivity contribution is 7.94. The van der Waals surface area contributed by atoms with Crippen LogP contribution in [-0.2, 0) is 19.4 Å². The molecule has 27 heavy (non-hydrogen) atoms. The first-order valence-corrected chi connectivity index (χ1v) is 11.7. The maximum absolute atomic E-state index is 12.5. The molecule has 0 aromatic heterocycles. The van der Waals surface area contributed by atoms with Crippen LogP contribution in [0.5, 0.6) is 0 Å². The number of hydrogen-bond acceptors (Lipinski definition) is 5. The van der Waals surface area contributed by atoms with E-state index in [1.807, 2.05) is 0 Å². The minimum Gasteiger partial charge on any atom is -0.441 e. The first-order chi connectivity index (χ1) is 12.8. The highest BCUT2D eigenvalue weighted by Crippen LogP contribution is 2.34. The van der Waals surface area contributed by atoms with Crippen molar-refractivity contribution in [3.05, 3.63) is 11.5 Å². The van der Waals surface area contributed by atoms with Crippen molar-refractivity contribution in [3.8, 4) is 0 Å². The molecule has 8 heteroatoms. The van der Waals surface area contributed by atoms with Crippen molar-refractivity contribution < 1.29 is 22.7 Å². The van der Waals surface area contributed by atoms with Gasteiger partial charge in [0.15, 0.2) is 9.84 Å². The number of carbonyl (C=O) groups is 2. The van der Waals surface area contributed by atoms with Crippen LogP contribution in [-0.4, -0.2) is 67.8 Å². The second-order valence-electron chi connectivity index (χ2n) is 8.04. The number of unbranched alkanes of at least 4 members (excludes halogenated alkanes) is 3. The molecule has 3 aliphatic heterocycles. The monoisotopic (exact) mass is 398 g/mol. The molecule has 0 radical (unpaired) electrons. The molecule has 2 amide bonds. The number of likely N-dealkylation sites (tertiary alicyclic amines) is 1. The molecule has 2 saturated heterocycles. The van der Waals surface area contributed by atoms with E-state index in [-0.39, 0.29) is 30.1 Å². The lowest BCUT2D eigenvalue weighted by atomic mass is 9.91. The number of allylic oxidation sites excluding steroid dienone is 1. The van der Waals surface area contributed by atoms with Crippen LogP contribution >= 0.6 is 0 Å². The van der Waals surface area contributed by atoms with Gasteiger partial charge in [0.2, 0.25) is 5.91 Å². The van der Waals surface area contributed by atoms with E-state index in [0.29, 0.717) is 32.5 Å². The quantitative estimate of drug-likeness (QED) is 0.615. The van der Waals surface area contributed by atoms with E-state index in [1.54, 1.807) is 15.9 Å². The molecule has 2 fully saturated rings. The maximum atomic E-state index is 12.5. The Labute approximate surface area is 161 Å². The van der Waals surface area contributed by atoms with E-state index in [4.69, 9.17) is 4.74 Å². The third kappa shape index (κ3) is 5.03. The molecule has 0 saturated carbocycles. The Balaban J connectivity index is 1.45. The molecule has 3 aliphatic rings. The third-order valence-corrected chi connectivity index (χ3v) is 7.26. The summed E-state index contributed by atoms with van der Waals surface area (Å²) in [5.41, 5.74) is -0.463. The number of sulfone groups is 1. The van der Waals surface area contributed by atoms with Gasteiger partial charge in [-0.25, -0.2) is 13.2 Å². The number of amides is 2. The fraction of sp³-hybridized carbons (Fsp3) is 0.789. The predicted octanol–water partition coefficient (Wildman–Crippen LogP) is 2.33. The van der Waals surface area contributed by atoms with E-state index >= 15 is 0 Å². The Morgan fingerprint density at radius 2 is 2.00 bits per heavy atom. The number of nitrogens with zero attached hydrogens (tertiary/aromatic N) is 2. The lowest BCUT2D eigenvalue weighted by Crippen LogP contribution is -2.49. The van der Waals surface area contributed by atoms with E-state index in [2.05, 4.69) is 6.92 Å². The predicted molar refractivity (Wildman–Crippen MR) is 102 cm³/mol. The van der Waals surface area contributed by atoms with Crippen molar-refractivity contribution in [1.82, 2.24) is 9.80 Å². The molecular formula is C19H30N2O5S. The summed E-state index contributed by atoms with van der Waals surface area (Å²) in [6, 6.07) is 0. The Bertz CT molecular complexity index is 695. The standard InChI is InChI=1S/C19H30N2O5S/c1-2-3-4-5-9-21-15-19(26-18(21)23)7-10-20(11-8-19)17(22)13-16-6-12-27(24,25)14-16/h6,12,16H,2-5,7-11,13-15H2,1H3/t16-/m1/s1. The van der Waals surface area contributed by atoms with Gasteiger partial charge in [0.1, 0.15) is 5.60 Å². The second kappa shape index (κ2) is 8.20. The smallest absolute Gasteiger partial charge is 0.410 e. The first kappa shape index (κ1) is 20.2. The highest BCUT2D eigenvalue weighted by atomic mass is 32.2. The molecule has 0 aromatic carbocycles. The summed E-state index contributed by atoms with van der Waals surface area (Å²) in [5.74, 6) is -0.208. The van der Waals surface area contributed by atoms with Crippen molar-refractivity contribution in [2.75, 3.05) is 31.9 Å². The van der Waals surface area contributed by atoms with Crippen LogP contribution in [0.1, 0.15) is 51.9 Å². The zero-order chi connectivity index (χ0) is 19.5. The van der Waals surface area contributed by atoms with Gasteiger partial charge in [0, 0.05) is 50.2 Å². The summed E-state index contributed by atoms with van der Waals surface area (Å²) in [6.45, 7) is 4.63. The van der Waals surface area contributed by atoms with Crippen molar-refractivity contribution in [2.45, 2.75) is 57.5 Å². The SMILES string of the molecule is CCCCCCN1CC2(CCN(C(=O)C[C@H]3C=CS(=O)(=O)C3)CC2)OC1=O. The average molecular weight is 399 g/mol. The van der Waals surface area contributed by atoms with Crippen LogP contribution in [0.15, 0.2) is 11.5 Å². The van der Waals surface area contributed by atoms with Gasteiger partial charge in [-0.3, -0.25) is 4.79 Å². The maximum Gasteiger partial charge on any atom is 0.410 e. The van der Waals surface area contributed by atoms with Crippen LogP contribution < -0.4 is 0 Å². The minimum atomic E-state index is -3.13. The summed E-state index contributed by atoms with van der Waals surface area (Å²) < 4.78 is 28.7. The minimum absolute atomic E-state index is 0.0163. The molecular weight excluding hydrogens is 368 g/mol. The van der Waals surface area contributed by atoms with Gasteiger partial charge >= 0.3 is 6.09 Å². The molecule has 3 heterocycles. The topological polar surface area (TPSA) is 84.0 Å². The van der Waals surface area contributed by atoms with E-state index in [9.17, 15) is 18.0 Å². The number of hydrogen-bond donors (Lipinski definition) is 0. The highest BCUT2D eigenvalue weighted by Gasteiger charge is 2.47. The van der Waals surface area contributed by atoms with Crippen LogP contribution in [0.2, 0.25) is 0 Å². The summed E-state index contributed by atoms with van der Waals surface area (Å²) in [4.78, 5) is 28.2. The van der Waals surface area contributed by atoms with Gasteiger partial charge < -0.3 is 14.5 Å². The molecule has 0 aromatic rings. The molecule has 1 atom stereocenters. The summed E-state index contributed by atoms with van der Waals surface area (Å²) in [7, 11) is -3.13. The molecule has 152 valence electrons. The molecule has 0 N–H and O–H groups in total. The average Bonchev–Trinajstić information content (AvgIpc) is 3.11. The fourth-order valence-electron chi connectivity index (χ4n) is 4.14. The van der Waals surface area contributed by atoms with Crippen molar-refractivity contribution in [3.63, 3.8) is 0 Å². The zero-order valence-corrected chi connectivity index (χ0v) is 16.9. The molecule has 3 rings (SSSR count).